The van der Waals surface area contributed by atoms with Crippen LogP contribution >= 0.6 is 22.9 Å². The van der Waals surface area contributed by atoms with Crippen LogP contribution in [0, 0.1) is 0 Å². The van der Waals surface area contributed by atoms with Gasteiger partial charge in [-0.3, -0.25) is 9.59 Å². The Hall–Kier alpha value is -2.51. The first kappa shape index (κ1) is 21.2. The fourth-order valence-electron chi connectivity index (χ4n) is 2.59. The molecule has 2 N–H and O–H groups in total. The third-order valence-electron chi connectivity index (χ3n) is 4.09. The standard InChI is InChI=1S/C21H23ClN2O4S/c1-12(2)28-19-16(22)10-13(11-17(19)27-3)4-7-18(25)24-21-15(8-9-29-21)20(26)23-14-5-6-14/h4,7-12,14H,5-6H2,1-3H3,(H,23,26)(H,24,25)/b7-4-. The van der Waals surface area contributed by atoms with Gasteiger partial charge in [0.25, 0.3) is 5.91 Å². The number of amides is 2. The normalized spacial score (nSPS) is 13.6. The fraction of sp³-hybridized carbons (Fsp3) is 0.333. The van der Waals surface area contributed by atoms with E-state index in [2.05, 4.69) is 10.6 Å². The second kappa shape index (κ2) is 9.33. The van der Waals surface area contributed by atoms with E-state index in [-0.39, 0.29) is 24.0 Å². The van der Waals surface area contributed by atoms with Crippen LogP contribution in [0.25, 0.3) is 6.08 Å². The summed E-state index contributed by atoms with van der Waals surface area (Å²) in [5.41, 5.74) is 1.17. The van der Waals surface area contributed by atoms with Crippen LogP contribution in [0.2, 0.25) is 5.02 Å². The van der Waals surface area contributed by atoms with Gasteiger partial charge in [-0.05, 0) is 61.9 Å². The summed E-state index contributed by atoms with van der Waals surface area (Å²) in [4.78, 5) is 24.6. The minimum atomic E-state index is -0.342. The summed E-state index contributed by atoms with van der Waals surface area (Å²) >= 11 is 7.61. The number of anilines is 1. The van der Waals surface area contributed by atoms with Crippen LogP contribution in [-0.2, 0) is 4.79 Å². The molecule has 0 aliphatic heterocycles. The predicted octanol–water partition coefficient (Wildman–Crippen LogP) is 4.74. The lowest BCUT2D eigenvalue weighted by Crippen LogP contribution is -2.26. The number of halogens is 1. The highest BCUT2D eigenvalue weighted by molar-refractivity contribution is 7.14. The van der Waals surface area contributed by atoms with E-state index < -0.39 is 0 Å². The molecule has 1 saturated carbocycles. The van der Waals surface area contributed by atoms with Crippen molar-refractivity contribution in [3.05, 3.63) is 45.8 Å². The van der Waals surface area contributed by atoms with Crippen LogP contribution in [-0.4, -0.2) is 31.1 Å². The minimum absolute atomic E-state index is 0.0503. The number of hydrogen-bond donors (Lipinski definition) is 2. The summed E-state index contributed by atoms with van der Waals surface area (Å²) in [7, 11) is 1.53. The van der Waals surface area contributed by atoms with E-state index in [9.17, 15) is 9.59 Å². The molecule has 0 radical (unpaired) electrons. The number of methoxy groups -OCH3 is 1. The number of hydrogen-bond acceptors (Lipinski definition) is 5. The lowest BCUT2D eigenvalue weighted by molar-refractivity contribution is -0.111. The molecule has 1 aromatic heterocycles. The summed E-state index contributed by atoms with van der Waals surface area (Å²) in [6, 6.07) is 5.41. The Kier molecular flexibility index (Phi) is 6.82. The summed E-state index contributed by atoms with van der Waals surface area (Å²) in [6.45, 7) is 3.80. The van der Waals surface area contributed by atoms with E-state index in [1.165, 1.54) is 24.5 Å². The molecular formula is C21H23ClN2O4S. The van der Waals surface area contributed by atoms with E-state index >= 15 is 0 Å². The quantitative estimate of drug-likeness (QED) is 0.588. The first-order valence-electron chi connectivity index (χ1n) is 9.29. The molecule has 0 saturated heterocycles. The molecule has 1 aliphatic rings. The first-order valence-corrected chi connectivity index (χ1v) is 10.5. The topological polar surface area (TPSA) is 76.7 Å². The van der Waals surface area contributed by atoms with Gasteiger partial charge >= 0.3 is 0 Å². The van der Waals surface area contributed by atoms with Crippen molar-refractivity contribution < 1.29 is 19.1 Å². The second-order valence-electron chi connectivity index (χ2n) is 6.93. The van der Waals surface area contributed by atoms with Crippen molar-refractivity contribution in [2.24, 2.45) is 0 Å². The Morgan fingerprint density at radius 3 is 2.72 bits per heavy atom. The Labute approximate surface area is 178 Å². The highest BCUT2D eigenvalue weighted by atomic mass is 35.5. The molecular weight excluding hydrogens is 412 g/mol. The largest absolute Gasteiger partial charge is 0.493 e. The highest BCUT2D eigenvalue weighted by Gasteiger charge is 2.25. The van der Waals surface area contributed by atoms with Crippen molar-refractivity contribution >= 4 is 45.8 Å². The van der Waals surface area contributed by atoms with E-state index in [4.69, 9.17) is 21.1 Å². The van der Waals surface area contributed by atoms with Gasteiger partial charge in [0.15, 0.2) is 11.5 Å². The van der Waals surface area contributed by atoms with Crippen molar-refractivity contribution in [2.45, 2.75) is 38.8 Å². The molecule has 0 unspecified atom stereocenters. The second-order valence-corrected chi connectivity index (χ2v) is 8.26. The molecule has 0 spiro atoms. The molecule has 2 aromatic rings. The van der Waals surface area contributed by atoms with Crippen LogP contribution in [0.3, 0.4) is 0 Å². The van der Waals surface area contributed by atoms with E-state index in [0.29, 0.717) is 32.6 Å². The average Bonchev–Trinajstić information content (AvgIpc) is 3.36. The van der Waals surface area contributed by atoms with Gasteiger partial charge in [-0.15, -0.1) is 11.3 Å². The van der Waals surface area contributed by atoms with Crippen molar-refractivity contribution in [2.75, 3.05) is 12.4 Å². The number of thiophene rings is 1. The lowest BCUT2D eigenvalue weighted by atomic mass is 10.2. The van der Waals surface area contributed by atoms with Gasteiger partial charge in [-0.1, -0.05) is 11.6 Å². The van der Waals surface area contributed by atoms with E-state index in [0.717, 1.165) is 12.8 Å². The van der Waals surface area contributed by atoms with Crippen molar-refractivity contribution in [3.8, 4) is 11.5 Å². The molecule has 2 amide bonds. The maximum absolute atomic E-state index is 12.3. The third kappa shape index (κ3) is 5.74. The van der Waals surface area contributed by atoms with Gasteiger partial charge in [0.2, 0.25) is 5.91 Å². The van der Waals surface area contributed by atoms with Gasteiger partial charge in [0, 0.05) is 12.1 Å². The van der Waals surface area contributed by atoms with Crippen molar-refractivity contribution in [1.82, 2.24) is 5.32 Å². The molecule has 1 heterocycles. The number of rotatable bonds is 8. The van der Waals surface area contributed by atoms with Crippen LogP contribution in [0.15, 0.2) is 29.7 Å². The zero-order valence-corrected chi connectivity index (χ0v) is 18.0. The van der Waals surface area contributed by atoms with Crippen LogP contribution in [0.5, 0.6) is 11.5 Å². The predicted molar refractivity (Wildman–Crippen MR) is 116 cm³/mol. The maximum Gasteiger partial charge on any atom is 0.254 e. The smallest absolute Gasteiger partial charge is 0.254 e. The number of nitrogens with one attached hydrogen (secondary N) is 2. The van der Waals surface area contributed by atoms with Gasteiger partial charge in [0.05, 0.1) is 23.8 Å². The van der Waals surface area contributed by atoms with E-state index in [1.807, 2.05) is 13.8 Å². The maximum atomic E-state index is 12.3. The Morgan fingerprint density at radius 1 is 1.31 bits per heavy atom. The molecule has 154 valence electrons. The first-order chi connectivity index (χ1) is 13.9. The summed E-state index contributed by atoms with van der Waals surface area (Å²) in [5, 5.41) is 8.38. The Morgan fingerprint density at radius 2 is 2.07 bits per heavy atom. The molecule has 1 aromatic carbocycles. The lowest BCUT2D eigenvalue weighted by Gasteiger charge is -2.15. The molecule has 1 aliphatic carbocycles. The number of carbonyl (C=O) groups excluding carboxylic acids is 2. The SMILES string of the molecule is COc1cc(/C=C\C(=O)Nc2sccc2C(=O)NC2CC2)cc(Cl)c1OC(C)C. The zero-order valence-electron chi connectivity index (χ0n) is 16.5. The Balaban J connectivity index is 1.69. The number of benzene rings is 1. The number of carbonyl (C=O) groups is 2. The van der Waals surface area contributed by atoms with Crippen LogP contribution < -0.4 is 20.1 Å². The molecule has 8 heteroatoms. The molecule has 6 nitrogen and oxygen atoms in total. The molecule has 0 atom stereocenters. The van der Waals surface area contributed by atoms with Gasteiger partial charge < -0.3 is 20.1 Å². The molecule has 3 rings (SSSR count). The Bertz CT molecular complexity index is 935. The summed E-state index contributed by atoms with van der Waals surface area (Å²) < 4.78 is 11.0. The monoisotopic (exact) mass is 434 g/mol. The molecule has 0 bridgehead atoms. The van der Waals surface area contributed by atoms with Crippen LogP contribution in [0.4, 0.5) is 5.00 Å². The summed E-state index contributed by atoms with van der Waals surface area (Å²) in [6.07, 6.45) is 4.97. The molecule has 29 heavy (non-hydrogen) atoms. The van der Waals surface area contributed by atoms with Gasteiger partial charge in [-0.25, -0.2) is 0 Å². The van der Waals surface area contributed by atoms with Gasteiger partial charge in [0.1, 0.15) is 5.00 Å². The molecule has 1 fully saturated rings. The van der Waals surface area contributed by atoms with Gasteiger partial charge in [-0.2, -0.15) is 0 Å². The van der Waals surface area contributed by atoms with Crippen molar-refractivity contribution in [3.63, 3.8) is 0 Å². The summed E-state index contributed by atoms with van der Waals surface area (Å²) in [5.74, 6) is 0.454. The number of ether oxygens (including phenoxy) is 2. The van der Waals surface area contributed by atoms with Crippen LogP contribution in [0.1, 0.15) is 42.6 Å². The van der Waals surface area contributed by atoms with Crippen molar-refractivity contribution in [1.29, 1.82) is 0 Å². The third-order valence-corrected chi connectivity index (χ3v) is 5.20. The average molecular weight is 435 g/mol. The fourth-order valence-corrected chi connectivity index (χ4v) is 3.64. The highest BCUT2D eigenvalue weighted by Crippen LogP contribution is 2.37. The van der Waals surface area contributed by atoms with E-state index in [1.54, 1.807) is 29.7 Å². The zero-order chi connectivity index (χ0) is 21.0. The minimum Gasteiger partial charge on any atom is -0.493 e.